The second kappa shape index (κ2) is 5.10. The smallest absolute Gasteiger partial charge is 0.254 e. The summed E-state index contributed by atoms with van der Waals surface area (Å²) in [7, 11) is 1.90. The predicted molar refractivity (Wildman–Crippen MR) is 81.6 cm³/mol. The molecule has 1 unspecified atom stereocenters. The van der Waals surface area contributed by atoms with E-state index in [-0.39, 0.29) is 11.9 Å². The fourth-order valence-electron chi connectivity index (χ4n) is 2.70. The summed E-state index contributed by atoms with van der Waals surface area (Å²) < 4.78 is 0.996. The molecule has 19 heavy (non-hydrogen) atoms. The summed E-state index contributed by atoms with van der Waals surface area (Å²) in [6, 6.07) is 10.5. The van der Waals surface area contributed by atoms with Gasteiger partial charge in [-0.3, -0.25) is 4.79 Å². The topological polar surface area (TPSA) is 20.3 Å². The molecule has 0 aliphatic heterocycles. The third kappa shape index (κ3) is 2.35. The van der Waals surface area contributed by atoms with Crippen molar-refractivity contribution in [3.63, 3.8) is 0 Å². The van der Waals surface area contributed by atoms with Crippen LogP contribution in [0.15, 0.2) is 39.5 Å². The van der Waals surface area contributed by atoms with Crippen LogP contribution in [0.1, 0.15) is 33.9 Å². The molecule has 4 heteroatoms. The Bertz CT molecular complexity index is 622. The average Bonchev–Trinajstić information content (AvgIpc) is 3.03. The van der Waals surface area contributed by atoms with Gasteiger partial charge in [0.25, 0.3) is 5.91 Å². The Morgan fingerprint density at radius 1 is 1.42 bits per heavy atom. The van der Waals surface area contributed by atoms with Gasteiger partial charge in [0.1, 0.15) is 0 Å². The van der Waals surface area contributed by atoms with Crippen molar-refractivity contribution >= 4 is 33.2 Å². The van der Waals surface area contributed by atoms with Gasteiger partial charge < -0.3 is 4.90 Å². The highest BCUT2D eigenvalue weighted by Crippen LogP contribution is 2.35. The van der Waals surface area contributed by atoms with Crippen molar-refractivity contribution < 1.29 is 4.79 Å². The fourth-order valence-corrected chi connectivity index (χ4v) is 3.83. The molecule has 3 rings (SSSR count). The molecule has 1 aliphatic carbocycles. The van der Waals surface area contributed by atoms with E-state index < -0.39 is 0 Å². The third-order valence-electron chi connectivity index (χ3n) is 3.70. The Labute approximate surface area is 125 Å². The van der Waals surface area contributed by atoms with E-state index in [9.17, 15) is 4.79 Å². The van der Waals surface area contributed by atoms with E-state index in [1.54, 1.807) is 11.3 Å². The first-order valence-corrected chi connectivity index (χ1v) is 7.93. The van der Waals surface area contributed by atoms with Crippen molar-refractivity contribution in [2.45, 2.75) is 18.9 Å². The van der Waals surface area contributed by atoms with E-state index in [1.807, 2.05) is 23.4 Å². The number of hydrogen-bond donors (Lipinski definition) is 0. The van der Waals surface area contributed by atoms with Gasteiger partial charge in [0, 0.05) is 12.4 Å². The van der Waals surface area contributed by atoms with Gasteiger partial charge in [0.2, 0.25) is 0 Å². The third-order valence-corrected chi connectivity index (χ3v) is 5.21. The van der Waals surface area contributed by atoms with Crippen molar-refractivity contribution in [1.29, 1.82) is 0 Å². The van der Waals surface area contributed by atoms with Crippen LogP contribution >= 0.6 is 27.3 Å². The molecule has 1 atom stereocenters. The van der Waals surface area contributed by atoms with Crippen LogP contribution in [0.4, 0.5) is 0 Å². The number of amides is 1. The van der Waals surface area contributed by atoms with Gasteiger partial charge >= 0.3 is 0 Å². The van der Waals surface area contributed by atoms with E-state index >= 15 is 0 Å². The molecule has 1 aromatic carbocycles. The number of fused-ring (bicyclic) bond motifs is 1. The summed E-state index contributed by atoms with van der Waals surface area (Å²) in [6.07, 6.45) is 2.08. The van der Waals surface area contributed by atoms with Crippen molar-refractivity contribution in [2.24, 2.45) is 0 Å². The zero-order valence-corrected chi connectivity index (χ0v) is 13.0. The molecule has 1 aliphatic rings. The molecule has 2 nitrogen and oxygen atoms in total. The van der Waals surface area contributed by atoms with Gasteiger partial charge in [-0.25, -0.2) is 0 Å². The summed E-state index contributed by atoms with van der Waals surface area (Å²) in [5.41, 5.74) is 3.44. The minimum atomic E-state index is 0.101. The maximum absolute atomic E-state index is 12.5. The van der Waals surface area contributed by atoms with Gasteiger partial charge in [-0.15, -0.1) is 11.3 Å². The molecule has 98 valence electrons. The van der Waals surface area contributed by atoms with Crippen molar-refractivity contribution in [3.05, 3.63) is 56.2 Å². The lowest BCUT2D eigenvalue weighted by atomic mass is 10.1. The number of carbonyl (C=O) groups excluding carboxylic acids is 1. The minimum absolute atomic E-state index is 0.101. The Kier molecular flexibility index (Phi) is 3.46. The molecule has 0 fully saturated rings. The lowest BCUT2D eigenvalue weighted by Crippen LogP contribution is -2.29. The molecule has 1 heterocycles. The van der Waals surface area contributed by atoms with Gasteiger partial charge in [-0.05, 0) is 46.0 Å². The minimum Gasteiger partial charge on any atom is -0.335 e. The monoisotopic (exact) mass is 335 g/mol. The largest absolute Gasteiger partial charge is 0.335 e. The zero-order chi connectivity index (χ0) is 13.4. The Morgan fingerprint density at radius 2 is 2.21 bits per heavy atom. The number of nitrogens with zero attached hydrogens (tertiary/aromatic N) is 1. The number of rotatable bonds is 2. The molecular weight excluding hydrogens is 322 g/mol. The zero-order valence-electron chi connectivity index (χ0n) is 10.6. The average molecular weight is 336 g/mol. The van der Waals surface area contributed by atoms with Gasteiger partial charge in [0.15, 0.2) is 0 Å². The molecule has 0 N–H and O–H groups in total. The van der Waals surface area contributed by atoms with Crippen LogP contribution in [0, 0.1) is 0 Å². The fraction of sp³-hybridized carbons (Fsp3) is 0.267. The van der Waals surface area contributed by atoms with Crippen LogP contribution in [0.2, 0.25) is 0 Å². The quantitative estimate of drug-likeness (QED) is 0.802. The first-order valence-electron chi connectivity index (χ1n) is 6.26. The lowest BCUT2D eigenvalue weighted by Gasteiger charge is -2.25. The van der Waals surface area contributed by atoms with E-state index in [2.05, 4.69) is 40.2 Å². The number of hydrogen-bond acceptors (Lipinski definition) is 2. The Morgan fingerprint density at radius 3 is 2.95 bits per heavy atom. The van der Waals surface area contributed by atoms with Crippen LogP contribution in [0.5, 0.6) is 0 Å². The van der Waals surface area contributed by atoms with E-state index in [0.29, 0.717) is 0 Å². The maximum atomic E-state index is 12.5. The first-order chi connectivity index (χ1) is 9.16. The summed E-state index contributed by atoms with van der Waals surface area (Å²) in [5, 5.41) is 1.91. The van der Waals surface area contributed by atoms with Crippen LogP contribution in [-0.2, 0) is 6.42 Å². The van der Waals surface area contributed by atoms with Crippen LogP contribution < -0.4 is 0 Å². The highest BCUT2D eigenvalue weighted by molar-refractivity contribution is 9.11. The van der Waals surface area contributed by atoms with Crippen molar-refractivity contribution in [2.75, 3.05) is 7.05 Å². The highest BCUT2D eigenvalue weighted by atomic mass is 79.9. The standard InChI is InChI=1S/C15H14BrNOS/c1-17(15(18)11-8-14(16)19-9-11)13-7-6-10-4-2-3-5-12(10)13/h2-5,8-9,13H,6-7H2,1H3. The normalized spacial score (nSPS) is 17.3. The molecule has 0 radical (unpaired) electrons. The van der Waals surface area contributed by atoms with Crippen LogP contribution in [0.25, 0.3) is 0 Å². The SMILES string of the molecule is CN(C(=O)c1csc(Br)c1)C1CCc2ccccc21. The first kappa shape index (κ1) is 12.9. The van der Waals surface area contributed by atoms with Crippen LogP contribution in [0.3, 0.4) is 0 Å². The Hall–Kier alpha value is -1.13. The predicted octanol–water partition coefficient (Wildman–Crippen LogP) is 4.27. The summed E-state index contributed by atoms with van der Waals surface area (Å²) in [4.78, 5) is 14.3. The van der Waals surface area contributed by atoms with E-state index in [1.165, 1.54) is 11.1 Å². The number of aryl methyl sites for hydroxylation is 1. The molecular formula is C15H14BrNOS. The van der Waals surface area contributed by atoms with Gasteiger partial charge in [-0.2, -0.15) is 0 Å². The Balaban J connectivity index is 1.86. The molecule has 2 aromatic rings. The summed E-state index contributed by atoms with van der Waals surface area (Å²) in [6.45, 7) is 0. The van der Waals surface area contributed by atoms with Crippen molar-refractivity contribution in [1.82, 2.24) is 4.90 Å². The second-order valence-electron chi connectivity index (χ2n) is 4.81. The summed E-state index contributed by atoms with van der Waals surface area (Å²) in [5.74, 6) is 0.101. The van der Waals surface area contributed by atoms with Gasteiger partial charge in [0.05, 0.1) is 15.4 Å². The molecule has 1 aromatic heterocycles. The van der Waals surface area contributed by atoms with Gasteiger partial charge in [-0.1, -0.05) is 24.3 Å². The molecule has 0 bridgehead atoms. The number of benzene rings is 1. The van der Waals surface area contributed by atoms with Crippen LogP contribution in [-0.4, -0.2) is 17.9 Å². The van der Waals surface area contributed by atoms with E-state index in [4.69, 9.17) is 0 Å². The highest BCUT2D eigenvalue weighted by Gasteiger charge is 2.28. The molecule has 0 spiro atoms. The number of carbonyl (C=O) groups is 1. The second-order valence-corrected chi connectivity index (χ2v) is 7.10. The summed E-state index contributed by atoms with van der Waals surface area (Å²) >= 11 is 4.95. The van der Waals surface area contributed by atoms with E-state index in [0.717, 1.165) is 22.2 Å². The lowest BCUT2D eigenvalue weighted by molar-refractivity contribution is 0.0731. The molecule has 0 saturated heterocycles. The molecule has 1 amide bonds. The number of halogens is 1. The maximum Gasteiger partial charge on any atom is 0.254 e. The van der Waals surface area contributed by atoms with Crippen molar-refractivity contribution in [3.8, 4) is 0 Å². The molecule has 0 saturated carbocycles. The number of thiophene rings is 1.